The first-order valence-electron chi connectivity index (χ1n) is 6.16. The van der Waals surface area contributed by atoms with Crippen molar-refractivity contribution < 1.29 is 13.2 Å². The summed E-state index contributed by atoms with van der Waals surface area (Å²) in [7, 11) is -3.07. The molecule has 1 N–H and O–H groups in total. The van der Waals surface area contributed by atoms with Crippen LogP contribution in [0.1, 0.15) is 36.9 Å². The molecule has 5 nitrogen and oxygen atoms in total. The Labute approximate surface area is 118 Å². The van der Waals surface area contributed by atoms with Crippen LogP contribution in [0, 0.1) is 0 Å². The highest BCUT2D eigenvalue weighted by Crippen LogP contribution is 2.19. The molecule has 0 fully saturated rings. The number of hydrogen-bond donors (Lipinski definition) is 1. The van der Waals surface area contributed by atoms with Crippen LogP contribution >= 0.6 is 11.3 Å². The first-order chi connectivity index (χ1) is 8.78. The fraction of sp³-hybridized carbons (Fsp3) is 0.667. The summed E-state index contributed by atoms with van der Waals surface area (Å²) in [6.45, 7) is 4.68. The lowest BCUT2D eigenvalue weighted by Crippen LogP contribution is -2.27. The van der Waals surface area contributed by atoms with E-state index >= 15 is 0 Å². The van der Waals surface area contributed by atoms with Crippen LogP contribution in [0.3, 0.4) is 0 Å². The second kappa shape index (κ2) is 7.00. The van der Waals surface area contributed by atoms with Crippen LogP contribution in [0.25, 0.3) is 0 Å². The van der Waals surface area contributed by atoms with Crippen LogP contribution in [0.2, 0.25) is 0 Å². The van der Waals surface area contributed by atoms with E-state index < -0.39 is 9.84 Å². The summed E-state index contributed by atoms with van der Waals surface area (Å²) in [5, 5.41) is 5.80. The van der Waals surface area contributed by atoms with Crippen molar-refractivity contribution in [3.63, 3.8) is 0 Å². The van der Waals surface area contributed by atoms with Gasteiger partial charge in [0.25, 0.3) is 0 Å². The minimum Gasteiger partial charge on any atom is -0.356 e. The Morgan fingerprint density at radius 3 is 2.68 bits per heavy atom. The van der Waals surface area contributed by atoms with Crippen LogP contribution in [-0.4, -0.2) is 37.9 Å². The lowest BCUT2D eigenvalue weighted by atomic mass is 10.2. The van der Waals surface area contributed by atoms with Gasteiger partial charge in [-0.25, -0.2) is 13.4 Å². The van der Waals surface area contributed by atoms with Gasteiger partial charge in [0, 0.05) is 36.9 Å². The number of nitrogens with zero attached hydrogens (tertiary/aromatic N) is 1. The standard InChI is InChI=1S/C12H20N2O3S2/c1-9(2)12-14-10(8-18-12)4-6-13-11(15)5-7-19(3,16)17/h8-9H,4-7H2,1-3H3,(H,13,15). The molecule has 108 valence electrons. The van der Waals surface area contributed by atoms with Gasteiger partial charge in [0.05, 0.1) is 16.5 Å². The number of carbonyl (C=O) groups excluding carboxylic acids is 1. The summed E-state index contributed by atoms with van der Waals surface area (Å²) in [5.41, 5.74) is 0.970. The Hall–Kier alpha value is -0.950. The molecule has 0 aliphatic carbocycles. The fourth-order valence-corrected chi connectivity index (χ4v) is 2.82. The summed E-state index contributed by atoms with van der Waals surface area (Å²) in [6, 6.07) is 0. The van der Waals surface area contributed by atoms with Crippen molar-refractivity contribution in [2.75, 3.05) is 18.6 Å². The predicted octanol–water partition coefficient (Wildman–Crippen LogP) is 1.36. The zero-order valence-corrected chi connectivity index (χ0v) is 13.1. The number of hydrogen-bond acceptors (Lipinski definition) is 5. The van der Waals surface area contributed by atoms with Crippen LogP contribution in [0.15, 0.2) is 5.38 Å². The molecule has 0 radical (unpaired) electrons. The van der Waals surface area contributed by atoms with Crippen molar-refractivity contribution in [1.82, 2.24) is 10.3 Å². The summed E-state index contributed by atoms with van der Waals surface area (Å²) in [4.78, 5) is 15.9. The Morgan fingerprint density at radius 2 is 2.16 bits per heavy atom. The third-order valence-corrected chi connectivity index (χ3v) is 4.61. The second-order valence-electron chi connectivity index (χ2n) is 4.81. The van der Waals surface area contributed by atoms with Gasteiger partial charge in [-0.3, -0.25) is 4.79 Å². The van der Waals surface area contributed by atoms with E-state index in [0.29, 0.717) is 18.9 Å². The minimum absolute atomic E-state index is 0.0210. The van der Waals surface area contributed by atoms with E-state index in [4.69, 9.17) is 0 Å². The Kier molecular flexibility index (Phi) is 5.93. The lowest BCUT2D eigenvalue weighted by molar-refractivity contribution is -0.120. The van der Waals surface area contributed by atoms with E-state index in [1.54, 1.807) is 11.3 Å². The predicted molar refractivity (Wildman–Crippen MR) is 77.2 cm³/mol. The molecular formula is C12H20N2O3S2. The molecule has 0 atom stereocenters. The third kappa shape index (κ3) is 6.68. The molecule has 0 bridgehead atoms. The Balaban J connectivity index is 2.28. The molecule has 0 unspecified atom stereocenters. The number of thiazole rings is 1. The van der Waals surface area contributed by atoms with Gasteiger partial charge in [-0.05, 0) is 0 Å². The lowest BCUT2D eigenvalue weighted by Gasteiger charge is -2.03. The fourth-order valence-electron chi connectivity index (χ4n) is 1.40. The van der Waals surface area contributed by atoms with E-state index in [-0.39, 0.29) is 18.1 Å². The van der Waals surface area contributed by atoms with Gasteiger partial charge in [-0.15, -0.1) is 11.3 Å². The van der Waals surface area contributed by atoms with Gasteiger partial charge in [0.15, 0.2) is 0 Å². The molecule has 0 aliphatic rings. The van der Waals surface area contributed by atoms with Gasteiger partial charge in [0.1, 0.15) is 9.84 Å². The van der Waals surface area contributed by atoms with E-state index in [2.05, 4.69) is 24.1 Å². The highest BCUT2D eigenvalue weighted by atomic mass is 32.2. The molecule has 0 aliphatic heterocycles. The van der Waals surface area contributed by atoms with Gasteiger partial charge >= 0.3 is 0 Å². The maximum Gasteiger partial charge on any atom is 0.221 e. The van der Waals surface area contributed by atoms with Gasteiger partial charge in [0.2, 0.25) is 5.91 Å². The van der Waals surface area contributed by atoms with Crippen molar-refractivity contribution in [3.8, 4) is 0 Å². The smallest absolute Gasteiger partial charge is 0.221 e. The third-order valence-electron chi connectivity index (χ3n) is 2.47. The van der Waals surface area contributed by atoms with Crippen molar-refractivity contribution in [1.29, 1.82) is 0 Å². The highest BCUT2D eigenvalue weighted by Gasteiger charge is 2.08. The summed E-state index contributed by atoms with van der Waals surface area (Å²) in [5.74, 6) is 0.0837. The second-order valence-corrected chi connectivity index (χ2v) is 7.96. The maximum atomic E-state index is 11.4. The monoisotopic (exact) mass is 304 g/mol. The highest BCUT2D eigenvalue weighted by molar-refractivity contribution is 7.90. The molecule has 0 spiro atoms. The Morgan fingerprint density at radius 1 is 1.47 bits per heavy atom. The quantitative estimate of drug-likeness (QED) is 0.825. The number of sulfone groups is 1. The molecular weight excluding hydrogens is 284 g/mol. The molecule has 1 aromatic heterocycles. The van der Waals surface area contributed by atoms with Gasteiger partial charge in [-0.2, -0.15) is 0 Å². The van der Waals surface area contributed by atoms with Gasteiger partial charge < -0.3 is 5.32 Å². The molecule has 0 saturated heterocycles. The van der Waals surface area contributed by atoms with Gasteiger partial charge in [-0.1, -0.05) is 13.8 Å². The molecule has 0 aromatic carbocycles. The topological polar surface area (TPSA) is 76.1 Å². The number of carbonyl (C=O) groups is 1. The molecule has 1 rings (SSSR count). The van der Waals surface area contributed by atoms with Crippen LogP contribution < -0.4 is 5.32 Å². The van der Waals surface area contributed by atoms with Crippen LogP contribution in [-0.2, 0) is 21.1 Å². The summed E-state index contributed by atoms with van der Waals surface area (Å²) in [6.07, 6.45) is 1.82. The van der Waals surface area contributed by atoms with Crippen LogP contribution in [0.4, 0.5) is 0 Å². The molecule has 1 heterocycles. The molecule has 7 heteroatoms. The van der Waals surface area contributed by atoms with Crippen molar-refractivity contribution in [2.24, 2.45) is 0 Å². The SMILES string of the molecule is CC(C)c1nc(CCNC(=O)CCS(C)(=O)=O)cs1. The van der Waals surface area contributed by atoms with E-state index in [0.717, 1.165) is 17.0 Å². The largest absolute Gasteiger partial charge is 0.356 e. The van der Waals surface area contributed by atoms with Crippen molar-refractivity contribution >= 4 is 27.1 Å². The van der Waals surface area contributed by atoms with Crippen LogP contribution in [0.5, 0.6) is 0 Å². The first-order valence-corrected chi connectivity index (χ1v) is 9.10. The summed E-state index contributed by atoms with van der Waals surface area (Å²) < 4.78 is 21.8. The Bertz CT molecular complexity index is 521. The average molecular weight is 304 g/mol. The summed E-state index contributed by atoms with van der Waals surface area (Å²) >= 11 is 1.63. The number of amides is 1. The van der Waals surface area contributed by atoms with E-state index in [1.807, 2.05) is 5.38 Å². The normalized spacial score (nSPS) is 11.8. The van der Waals surface area contributed by atoms with Crippen molar-refractivity contribution in [2.45, 2.75) is 32.6 Å². The maximum absolute atomic E-state index is 11.4. The van der Waals surface area contributed by atoms with E-state index in [9.17, 15) is 13.2 Å². The average Bonchev–Trinajstić information content (AvgIpc) is 2.74. The zero-order valence-electron chi connectivity index (χ0n) is 11.5. The molecule has 19 heavy (non-hydrogen) atoms. The minimum atomic E-state index is -3.07. The molecule has 1 amide bonds. The molecule has 0 saturated carbocycles. The zero-order chi connectivity index (χ0) is 14.5. The number of rotatable bonds is 7. The number of aromatic nitrogens is 1. The first kappa shape index (κ1) is 16.1. The van der Waals surface area contributed by atoms with Crippen molar-refractivity contribution in [3.05, 3.63) is 16.1 Å². The number of nitrogens with one attached hydrogen (secondary N) is 1. The van der Waals surface area contributed by atoms with E-state index in [1.165, 1.54) is 0 Å². The molecule has 1 aromatic rings.